The predicted molar refractivity (Wildman–Crippen MR) is 83.8 cm³/mol. The van der Waals surface area contributed by atoms with E-state index in [9.17, 15) is 0 Å². The normalized spacial score (nSPS) is 12.9. The molecule has 0 amide bonds. The van der Waals surface area contributed by atoms with E-state index in [0.717, 1.165) is 11.5 Å². The average Bonchev–Trinajstić information content (AvgIpc) is 2.92. The van der Waals surface area contributed by atoms with Crippen molar-refractivity contribution in [1.29, 1.82) is 0 Å². The van der Waals surface area contributed by atoms with Crippen molar-refractivity contribution in [2.24, 2.45) is 5.92 Å². The maximum Gasteiger partial charge on any atom is 0.160 e. The maximum absolute atomic E-state index is 4.27. The Morgan fingerprint density at radius 1 is 1.00 bits per heavy atom. The summed E-state index contributed by atoms with van der Waals surface area (Å²) < 4.78 is 2.02. The molecule has 2 aromatic heterocycles. The minimum absolute atomic E-state index is 0.308. The third kappa shape index (κ3) is 2.95. The molecule has 4 heteroatoms. The molecule has 0 radical (unpaired) electrons. The van der Waals surface area contributed by atoms with Crippen LogP contribution >= 0.6 is 0 Å². The van der Waals surface area contributed by atoms with Gasteiger partial charge in [0.25, 0.3) is 0 Å². The highest BCUT2D eigenvalue weighted by molar-refractivity contribution is 5.37. The standard InChI is InChI=1S/C17H20N4/c1-13(2)17(14-8-4-3-5-9-14)18-12-16-20-19-15-10-6-7-11-21(15)16/h3-11,13,17-18H,12H2,1-2H3/t17-/m1/s1. The highest BCUT2D eigenvalue weighted by Gasteiger charge is 2.16. The first-order valence-corrected chi connectivity index (χ1v) is 7.32. The van der Waals surface area contributed by atoms with Crippen LogP contribution in [0.15, 0.2) is 54.7 Å². The van der Waals surface area contributed by atoms with Crippen molar-refractivity contribution in [2.45, 2.75) is 26.4 Å². The lowest BCUT2D eigenvalue weighted by molar-refractivity contribution is 0.405. The van der Waals surface area contributed by atoms with Crippen molar-refractivity contribution in [2.75, 3.05) is 0 Å². The minimum Gasteiger partial charge on any atom is -0.303 e. The van der Waals surface area contributed by atoms with Crippen LogP contribution in [0.2, 0.25) is 0 Å². The summed E-state index contributed by atoms with van der Waals surface area (Å²) in [5.41, 5.74) is 2.19. The van der Waals surface area contributed by atoms with Gasteiger partial charge in [-0.25, -0.2) is 0 Å². The fourth-order valence-corrected chi connectivity index (χ4v) is 2.61. The summed E-state index contributed by atoms with van der Waals surface area (Å²) in [4.78, 5) is 0. The number of hydrogen-bond acceptors (Lipinski definition) is 3. The Labute approximate surface area is 124 Å². The van der Waals surface area contributed by atoms with Gasteiger partial charge in [-0.05, 0) is 23.6 Å². The van der Waals surface area contributed by atoms with Gasteiger partial charge in [-0.15, -0.1) is 10.2 Å². The average molecular weight is 280 g/mol. The molecule has 0 saturated carbocycles. The van der Waals surface area contributed by atoms with Gasteiger partial charge >= 0.3 is 0 Å². The Morgan fingerprint density at radius 2 is 1.76 bits per heavy atom. The third-order valence-electron chi connectivity index (χ3n) is 3.69. The van der Waals surface area contributed by atoms with Crippen LogP contribution in [0.5, 0.6) is 0 Å². The summed E-state index contributed by atoms with van der Waals surface area (Å²) in [6, 6.07) is 16.8. The van der Waals surface area contributed by atoms with E-state index in [1.54, 1.807) is 0 Å². The first kappa shape index (κ1) is 13.8. The van der Waals surface area contributed by atoms with Crippen molar-refractivity contribution in [3.8, 4) is 0 Å². The fraction of sp³-hybridized carbons (Fsp3) is 0.294. The summed E-state index contributed by atoms with van der Waals surface area (Å²) in [5, 5.41) is 12.1. The van der Waals surface area contributed by atoms with Crippen LogP contribution in [0.4, 0.5) is 0 Å². The number of benzene rings is 1. The van der Waals surface area contributed by atoms with Gasteiger partial charge in [0.1, 0.15) is 0 Å². The zero-order valence-electron chi connectivity index (χ0n) is 12.4. The monoisotopic (exact) mass is 280 g/mol. The van der Waals surface area contributed by atoms with Gasteiger partial charge in [0, 0.05) is 12.2 Å². The van der Waals surface area contributed by atoms with Gasteiger partial charge in [0.2, 0.25) is 0 Å². The van der Waals surface area contributed by atoms with E-state index in [1.807, 2.05) is 34.9 Å². The van der Waals surface area contributed by atoms with Crippen LogP contribution < -0.4 is 5.32 Å². The molecule has 0 bridgehead atoms. The molecule has 2 heterocycles. The molecule has 1 atom stereocenters. The molecule has 0 aliphatic rings. The van der Waals surface area contributed by atoms with Crippen molar-refractivity contribution < 1.29 is 0 Å². The molecule has 0 unspecified atom stereocenters. The van der Waals surface area contributed by atoms with E-state index < -0.39 is 0 Å². The molecular weight excluding hydrogens is 260 g/mol. The first-order chi connectivity index (χ1) is 10.3. The van der Waals surface area contributed by atoms with Gasteiger partial charge < -0.3 is 5.32 Å². The lowest BCUT2D eigenvalue weighted by Crippen LogP contribution is -2.26. The van der Waals surface area contributed by atoms with Crippen LogP contribution in [-0.4, -0.2) is 14.6 Å². The molecule has 1 N–H and O–H groups in total. The lowest BCUT2D eigenvalue weighted by atomic mass is 9.96. The van der Waals surface area contributed by atoms with E-state index in [-0.39, 0.29) is 0 Å². The SMILES string of the molecule is CC(C)[C@@H](NCc1nnc2ccccn12)c1ccccc1. The quantitative estimate of drug-likeness (QED) is 0.780. The number of nitrogens with one attached hydrogen (secondary N) is 1. The van der Waals surface area contributed by atoms with Crippen LogP contribution in [-0.2, 0) is 6.54 Å². The second-order valence-corrected chi connectivity index (χ2v) is 5.56. The molecule has 0 aliphatic heterocycles. The van der Waals surface area contributed by atoms with E-state index in [4.69, 9.17) is 0 Å². The van der Waals surface area contributed by atoms with Crippen LogP contribution in [0.25, 0.3) is 5.65 Å². The highest BCUT2D eigenvalue weighted by Crippen LogP contribution is 2.21. The molecule has 3 rings (SSSR count). The molecule has 0 spiro atoms. The second-order valence-electron chi connectivity index (χ2n) is 5.56. The summed E-state index contributed by atoms with van der Waals surface area (Å²) in [6.45, 7) is 5.15. The second kappa shape index (κ2) is 6.06. The molecule has 108 valence electrons. The Kier molecular flexibility index (Phi) is 3.97. The van der Waals surface area contributed by atoms with Gasteiger partial charge in [-0.1, -0.05) is 50.2 Å². The number of fused-ring (bicyclic) bond motifs is 1. The van der Waals surface area contributed by atoms with E-state index in [0.29, 0.717) is 18.5 Å². The summed E-state index contributed by atoms with van der Waals surface area (Å²) in [7, 11) is 0. The first-order valence-electron chi connectivity index (χ1n) is 7.32. The van der Waals surface area contributed by atoms with Crippen LogP contribution in [0.1, 0.15) is 31.3 Å². The number of hydrogen-bond donors (Lipinski definition) is 1. The molecular formula is C17H20N4. The lowest BCUT2D eigenvalue weighted by Gasteiger charge is -2.22. The molecule has 3 aromatic rings. The van der Waals surface area contributed by atoms with E-state index >= 15 is 0 Å². The largest absolute Gasteiger partial charge is 0.303 e. The summed E-state index contributed by atoms with van der Waals surface area (Å²) in [6.07, 6.45) is 2.00. The van der Waals surface area contributed by atoms with E-state index in [1.165, 1.54) is 5.56 Å². The molecule has 21 heavy (non-hydrogen) atoms. The van der Waals surface area contributed by atoms with Crippen molar-refractivity contribution in [1.82, 2.24) is 19.9 Å². The van der Waals surface area contributed by atoms with Gasteiger partial charge in [0.05, 0.1) is 6.54 Å². The topological polar surface area (TPSA) is 42.2 Å². The third-order valence-corrected chi connectivity index (χ3v) is 3.69. The van der Waals surface area contributed by atoms with E-state index in [2.05, 4.69) is 53.6 Å². The minimum atomic E-state index is 0.308. The van der Waals surface area contributed by atoms with Crippen molar-refractivity contribution >= 4 is 5.65 Å². The molecule has 0 aliphatic carbocycles. The smallest absolute Gasteiger partial charge is 0.160 e. The van der Waals surface area contributed by atoms with Gasteiger partial charge in [0.15, 0.2) is 11.5 Å². The Balaban J connectivity index is 1.79. The summed E-state index contributed by atoms with van der Waals surface area (Å²) in [5.74, 6) is 1.44. The Hall–Kier alpha value is -2.20. The Bertz CT molecular complexity index is 703. The fourth-order valence-electron chi connectivity index (χ4n) is 2.61. The van der Waals surface area contributed by atoms with Crippen LogP contribution in [0.3, 0.4) is 0 Å². The predicted octanol–water partition coefficient (Wildman–Crippen LogP) is 3.22. The number of nitrogens with zero attached hydrogens (tertiary/aromatic N) is 3. The zero-order chi connectivity index (χ0) is 14.7. The molecule has 0 fully saturated rings. The number of aromatic nitrogens is 3. The molecule has 4 nitrogen and oxygen atoms in total. The highest BCUT2D eigenvalue weighted by atomic mass is 15.3. The Morgan fingerprint density at radius 3 is 2.52 bits per heavy atom. The number of pyridine rings is 1. The molecule has 1 aromatic carbocycles. The van der Waals surface area contributed by atoms with Gasteiger partial charge in [-0.2, -0.15) is 0 Å². The number of rotatable bonds is 5. The molecule has 0 saturated heterocycles. The maximum atomic E-state index is 4.27. The van der Waals surface area contributed by atoms with Crippen molar-refractivity contribution in [3.63, 3.8) is 0 Å². The van der Waals surface area contributed by atoms with Crippen molar-refractivity contribution in [3.05, 3.63) is 66.1 Å². The van der Waals surface area contributed by atoms with Gasteiger partial charge in [-0.3, -0.25) is 4.40 Å². The zero-order valence-corrected chi connectivity index (χ0v) is 12.4. The van der Waals surface area contributed by atoms with Crippen LogP contribution in [0, 0.1) is 5.92 Å². The summed E-state index contributed by atoms with van der Waals surface area (Å²) >= 11 is 0.